The van der Waals surface area contributed by atoms with Crippen LogP contribution >= 0.6 is 23.7 Å². The lowest BCUT2D eigenvalue weighted by atomic mass is 9.68. The zero-order valence-electron chi connectivity index (χ0n) is 10.9. The molecule has 0 radical (unpaired) electrons. The molecule has 2 aliphatic rings. The minimum Gasteiger partial charge on any atom is -0.315 e. The van der Waals surface area contributed by atoms with Crippen molar-refractivity contribution < 1.29 is 4.79 Å². The smallest absolute Gasteiger partial charge is 0.234 e. The molecule has 2 fully saturated rings. The highest BCUT2D eigenvalue weighted by molar-refractivity contribution is 7.15. The third-order valence-electron chi connectivity index (χ3n) is 4.24. The van der Waals surface area contributed by atoms with E-state index in [1.807, 2.05) is 6.92 Å². The first kappa shape index (κ1) is 14.7. The van der Waals surface area contributed by atoms with Crippen molar-refractivity contribution in [3.8, 4) is 0 Å². The first-order valence-corrected chi connectivity index (χ1v) is 7.35. The van der Waals surface area contributed by atoms with Gasteiger partial charge in [-0.1, -0.05) is 24.2 Å². The van der Waals surface area contributed by atoms with Crippen LogP contribution in [0.15, 0.2) is 0 Å². The quantitative estimate of drug-likeness (QED) is 0.877. The minimum absolute atomic E-state index is 0. The van der Waals surface area contributed by atoms with Crippen LogP contribution in [0.4, 0.5) is 5.13 Å². The average Bonchev–Trinajstić information content (AvgIpc) is 2.96. The largest absolute Gasteiger partial charge is 0.315 e. The molecule has 2 atom stereocenters. The number of anilines is 1. The molecule has 106 valence electrons. The summed E-state index contributed by atoms with van der Waals surface area (Å²) in [4.78, 5) is 12.6. The van der Waals surface area contributed by atoms with Gasteiger partial charge in [0.05, 0.1) is 5.41 Å². The summed E-state index contributed by atoms with van der Waals surface area (Å²) < 4.78 is 0. The van der Waals surface area contributed by atoms with Gasteiger partial charge in [0.2, 0.25) is 11.0 Å². The summed E-state index contributed by atoms with van der Waals surface area (Å²) in [5.41, 5.74) is -0.210. The van der Waals surface area contributed by atoms with Crippen molar-refractivity contribution >= 4 is 34.8 Å². The zero-order chi connectivity index (χ0) is 12.6. The monoisotopic (exact) mass is 302 g/mol. The molecule has 0 aromatic carbocycles. The number of aromatic nitrogens is 2. The molecule has 2 N–H and O–H groups in total. The molecule has 1 aromatic rings. The first-order chi connectivity index (χ1) is 8.71. The average molecular weight is 303 g/mol. The van der Waals surface area contributed by atoms with E-state index in [9.17, 15) is 4.79 Å². The van der Waals surface area contributed by atoms with Gasteiger partial charge in [0.15, 0.2) is 0 Å². The molecule has 1 aromatic heterocycles. The summed E-state index contributed by atoms with van der Waals surface area (Å²) in [6, 6.07) is 0. The van der Waals surface area contributed by atoms with Crippen LogP contribution in [-0.2, 0) is 4.79 Å². The molecular weight excluding hydrogens is 284 g/mol. The van der Waals surface area contributed by atoms with E-state index >= 15 is 0 Å². The Labute approximate surface area is 123 Å². The molecule has 3 rings (SSSR count). The fraction of sp³-hybridized carbons (Fsp3) is 0.750. The van der Waals surface area contributed by atoms with E-state index in [2.05, 4.69) is 20.8 Å². The van der Waals surface area contributed by atoms with Crippen molar-refractivity contribution in [1.82, 2.24) is 15.5 Å². The highest BCUT2D eigenvalue weighted by atomic mass is 35.5. The van der Waals surface area contributed by atoms with E-state index in [1.165, 1.54) is 17.8 Å². The number of hydrogen-bond donors (Lipinski definition) is 2. The molecule has 2 heterocycles. The van der Waals surface area contributed by atoms with Crippen molar-refractivity contribution in [3.05, 3.63) is 5.01 Å². The molecule has 1 saturated heterocycles. The highest BCUT2D eigenvalue weighted by Crippen LogP contribution is 2.44. The van der Waals surface area contributed by atoms with Gasteiger partial charge < -0.3 is 5.32 Å². The van der Waals surface area contributed by atoms with Crippen molar-refractivity contribution in [1.29, 1.82) is 0 Å². The van der Waals surface area contributed by atoms with E-state index in [0.29, 0.717) is 11.0 Å². The Balaban J connectivity index is 0.00000133. The van der Waals surface area contributed by atoms with Crippen LogP contribution < -0.4 is 10.6 Å². The Morgan fingerprint density at radius 1 is 1.47 bits per heavy atom. The Morgan fingerprint density at radius 2 is 2.32 bits per heavy atom. The van der Waals surface area contributed by atoms with Crippen LogP contribution in [0, 0.1) is 18.3 Å². The molecule has 0 unspecified atom stereocenters. The number of amides is 1. The standard InChI is InChI=1S/C12H18N4OS.ClH/c1-8-15-16-11(18-8)14-10(17)12-5-3-2-4-9(12)6-13-7-12;/h9,13H,2-7H2,1H3,(H,14,16,17);1H/t9-,12+;/m0./s1. The number of rotatable bonds is 2. The summed E-state index contributed by atoms with van der Waals surface area (Å²) in [6.45, 7) is 3.68. The predicted octanol–water partition coefficient (Wildman–Crippen LogP) is 1.99. The van der Waals surface area contributed by atoms with Crippen LogP contribution in [0.25, 0.3) is 0 Å². The Morgan fingerprint density at radius 3 is 3.05 bits per heavy atom. The van der Waals surface area contributed by atoms with Gasteiger partial charge in [-0.25, -0.2) is 0 Å². The van der Waals surface area contributed by atoms with Gasteiger partial charge in [-0.2, -0.15) is 0 Å². The second-order valence-corrected chi connectivity index (χ2v) is 6.49. The third-order valence-corrected chi connectivity index (χ3v) is 4.99. The van der Waals surface area contributed by atoms with E-state index < -0.39 is 0 Å². The summed E-state index contributed by atoms with van der Waals surface area (Å²) in [5, 5.41) is 15.8. The summed E-state index contributed by atoms with van der Waals surface area (Å²) in [6.07, 6.45) is 4.56. The maximum atomic E-state index is 12.6. The number of hydrogen-bond acceptors (Lipinski definition) is 5. The van der Waals surface area contributed by atoms with E-state index in [0.717, 1.165) is 37.4 Å². The summed E-state index contributed by atoms with van der Waals surface area (Å²) in [7, 11) is 0. The molecular formula is C12H19ClN4OS. The lowest BCUT2D eigenvalue weighted by Crippen LogP contribution is -2.44. The second kappa shape index (κ2) is 5.73. The molecule has 7 heteroatoms. The maximum absolute atomic E-state index is 12.6. The van der Waals surface area contributed by atoms with Crippen molar-refractivity contribution in [2.45, 2.75) is 32.6 Å². The van der Waals surface area contributed by atoms with Gasteiger partial charge in [0, 0.05) is 6.54 Å². The molecule has 1 amide bonds. The molecule has 19 heavy (non-hydrogen) atoms. The van der Waals surface area contributed by atoms with Gasteiger partial charge in [-0.3, -0.25) is 10.1 Å². The van der Waals surface area contributed by atoms with E-state index in [1.54, 1.807) is 0 Å². The second-order valence-electron chi connectivity index (χ2n) is 5.31. The topological polar surface area (TPSA) is 66.9 Å². The normalized spacial score (nSPS) is 29.4. The fourth-order valence-electron chi connectivity index (χ4n) is 3.26. The number of nitrogens with one attached hydrogen (secondary N) is 2. The van der Waals surface area contributed by atoms with Crippen LogP contribution in [-0.4, -0.2) is 29.2 Å². The first-order valence-electron chi connectivity index (χ1n) is 6.53. The van der Waals surface area contributed by atoms with Gasteiger partial charge >= 0.3 is 0 Å². The molecule has 1 aliphatic carbocycles. The number of aryl methyl sites for hydroxylation is 1. The Hall–Kier alpha value is -0.720. The molecule has 0 spiro atoms. The van der Waals surface area contributed by atoms with Crippen molar-refractivity contribution in [3.63, 3.8) is 0 Å². The third kappa shape index (κ3) is 2.61. The van der Waals surface area contributed by atoms with Gasteiger partial charge in [0.25, 0.3) is 0 Å². The number of carbonyl (C=O) groups is 1. The van der Waals surface area contributed by atoms with Crippen LogP contribution in [0.5, 0.6) is 0 Å². The SMILES string of the molecule is Cc1nnc(NC(=O)[C@@]23CCCC[C@H]2CNC3)s1.Cl. The molecule has 0 bridgehead atoms. The molecule has 1 aliphatic heterocycles. The van der Waals surface area contributed by atoms with Crippen molar-refractivity contribution in [2.24, 2.45) is 11.3 Å². The minimum atomic E-state index is -0.210. The number of halogens is 1. The van der Waals surface area contributed by atoms with Gasteiger partial charge in [-0.05, 0) is 32.2 Å². The van der Waals surface area contributed by atoms with E-state index in [4.69, 9.17) is 0 Å². The van der Waals surface area contributed by atoms with Crippen LogP contribution in [0.2, 0.25) is 0 Å². The summed E-state index contributed by atoms with van der Waals surface area (Å²) in [5.74, 6) is 0.619. The zero-order valence-corrected chi connectivity index (χ0v) is 12.6. The molecule has 1 saturated carbocycles. The number of nitrogens with zero attached hydrogens (tertiary/aromatic N) is 2. The summed E-state index contributed by atoms with van der Waals surface area (Å²) >= 11 is 1.44. The van der Waals surface area contributed by atoms with Crippen LogP contribution in [0.3, 0.4) is 0 Å². The Kier molecular flexibility index (Phi) is 4.43. The number of fused-ring (bicyclic) bond motifs is 1. The highest BCUT2D eigenvalue weighted by Gasteiger charge is 2.49. The van der Waals surface area contributed by atoms with E-state index in [-0.39, 0.29) is 23.7 Å². The predicted molar refractivity (Wildman–Crippen MR) is 77.8 cm³/mol. The van der Waals surface area contributed by atoms with Gasteiger partial charge in [-0.15, -0.1) is 22.6 Å². The number of carbonyl (C=O) groups excluding carboxylic acids is 1. The molecule has 5 nitrogen and oxygen atoms in total. The lowest BCUT2D eigenvalue weighted by Gasteiger charge is -2.36. The van der Waals surface area contributed by atoms with Gasteiger partial charge in [0.1, 0.15) is 5.01 Å². The maximum Gasteiger partial charge on any atom is 0.234 e. The Bertz CT molecular complexity index is 466. The fourth-order valence-corrected chi connectivity index (χ4v) is 3.85. The van der Waals surface area contributed by atoms with Crippen molar-refractivity contribution in [2.75, 3.05) is 18.4 Å². The van der Waals surface area contributed by atoms with Crippen LogP contribution in [0.1, 0.15) is 30.7 Å². The lowest BCUT2D eigenvalue weighted by molar-refractivity contribution is -0.128.